The van der Waals surface area contributed by atoms with E-state index >= 15 is 0 Å². The summed E-state index contributed by atoms with van der Waals surface area (Å²) in [7, 11) is -3.47. The third-order valence-electron chi connectivity index (χ3n) is 3.86. The number of rotatable bonds is 6. The monoisotopic (exact) mass is 396 g/mol. The molecule has 2 aromatic rings. The molecule has 3 rings (SSSR count). The number of pyridine rings is 1. The van der Waals surface area contributed by atoms with Crippen LogP contribution in [0.2, 0.25) is 0 Å². The van der Waals surface area contributed by atoms with E-state index in [1.54, 1.807) is 35.7 Å². The summed E-state index contributed by atoms with van der Waals surface area (Å²) in [6.07, 6.45) is 3.50. The molecule has 1 aromatic carbocycles. The van der Waals surface area contributed by atoms with Crippen LogP contribution in [0.3, 0.4) is 0 Å². The first-order chi connectivity index (χ1) is 12.1. The number of hydrogen-bond acceptors (Lipinski definition) is 6. The first-order valence-electron chi connectivity index (χ1n) is 7.89. The van der Waals surface area contributed by atoms with Crippen molar-refractivity contribution in [3.8, 4) is 0 Å². The van der Waals surface area contributed by atoms with Crippen LogP contribution in [0.5, 0.6) is 0 Å². The fourth-order valence-corrected chi connectivity index (χ4v) is 4.98. The van der Waals surface area contributed by atoms with Gasteiger partial charge >= 0.3 is 0 Å². The minimum atomic E-state index is -3.47. The zero-order valence-electron chi connectivity index (χ0n) is 13.9. The number of sulfonamides is 1. The maximum Gasteiger partial charge on any atom is 0.244 e. The van der Waals surface area contributed by atoms with Gasteiger partial charge in [0.05, 0.1) is 18.2 Å². The highest BCUT2D eigenvalue weighted by atomic mass is 32.2. The van der Waals surface area contributed by atoms with Crippen molar-refractivity contribution in [2.75, 3.05) is 32.6 Å². The highest BCUT2D eigenvalue weighted by Gasteiger charge is 2.26. The van der Waals surface area contributed by atoms with E-state index < -0.39 is 10.0 Å². The molecule has 0 saturated carbocycles. The second kappa shape index (κ2) is 8.55. The molecule has 1 aliphatic heterocycles. The Hall–Kier alpha value is -1.06. The van der Waals surface area contributed by atoms with Gasteiger partial charge in [0, 0.05) is 29.9 Å². The first kappa shape index (κ1) is 18.7. The lowest BCUT2D eigenvalue weighted by Gasteiger charge is -2.25. The number of morpholine rings is 1. The fourth-order valence-electron chi connectivity index (χ4n) is 2.42. The van der Waals surface area contributed by atoms with Gasteiger partial charge in [-0.05, 0) is 36.1 Å². The van der Waals surface area contributed by atoms with Crippen LogP contribution < -0.4 is 0 Å². The quantitative estimate of drug-likeness (QED) is 0.699. The van der Waals surface area contributed by atoms with Crippen molar-refractivity contribution >= 4 is 33.5 Å². The van der Waals surface area contributed by atoms with Crippen molar-refractivity contribution in [1.29, 1.82) is 0 Å². The lowest BCUT2D eigenvalue weighted by atomic mass is 10.2. The Morgan fingerprint density at radius 2 is 1.84 bits per heavy atom. The summed E-state index contributed by atoms with van der Waals surface area (Å²) in [6.45, 7) is 1.67. The summed E-state index contributed by atoms with van der Waals surface area (Å²) in [4.78, 5) is 5.79. The molecule has 0 bridgehead atoms. The minimum absolute atomic E-state index is 0.239. The first-order valence-corrected chi connectivity index (χ1v) is 11.5. The molecule has 0 amide bonds. The molecule has 1 aromatic heterocycles. The molecule has 1 aliphatic rings. The number of nitrogens with zero attached hydrogens (tertiary/aromatic N) is 2. The summed E-state index contributed by atoms with van der Waals surface area (Å²) in [6, 6.07) is 11.8. The van der Waals surface area contributed by atoms with Gasteiger partial charge in [-0.1, -0.05) is 12.1 Å². The molecule has 0 atom stereocenters. The number of thioether (sulfide) groups is 2. The largest absolute Gasteiger partial charge is 0.379 e. The van der Waals surface area contributed by atoms with Gasteiger partial charge < -0.3 is 4.74 Å². The smallest absolute Gasteiger partial charge is 0.244 e. The predicted octanol–water partition coefficient (Wildman–Crippen LogP) is 3.12. The van der Waals surface area contributed by atoms with Crippen molar-refractivity contribution in [2.24, 2.45) is 0 Å². The highest BCUT2D eigenvalue weighted by molar-refractivity contribution is 7.98. The molecule has 0 unspecified atom stereocenters. The van der Waals surface area contributed by atoms with Gasteiger partial charge in [0.1, 0.15) is 4.90 Å². The molecule has 5 nitrogen and oxygen atoms in total. The summed E-state index contributed by atoms with van der Waals surface area (Å²) < 4.78 is 31.8. The molecular weight excluding hydrogens is 376 g/mol. The van der Waals surface area contributed by atoms with Gasteiger partial charge in [-0.15, -0.1) is 23.5 Å². The zero-order chi connectivity index (χ0) is 17.7. The van der Waals surface area contributed by atoms with Crippen molar-refractivity contribution < 1.29 is 13.2 Å². The van der Waals surface area contributed by atoms with Crippen LogP contribution >= 0.6 is 23.5 Å². The van der Waals surface area contributed by atoms with Crippen LogP contribution in [0.15, 0.2) is 57.4 Å². The molecule has 25 heavy (non-hydrogen) atoms. The van der Waals surface area contributed by atoms with Crippen LogP contribution in [-0.4, -0.2) is 50.3 Å². The van der Waals surface area contributed by atoms with Gasteiger partial charge in [-0.25, -0.2) is 13.4 Å². The lowest BCUT2D eigenvalue weighted by Crippen LogP contribution is -2.40. The van der Waals surface area contributed by atoms with Crippen molar-refractivity contribution in [2.45, 2.75) is 20.6 Å². The van der Waals surface area contributed by atoms with Crippen LogP contribution in [0, 0.1) is 0 Å². The van der Waals surface area contributed by atoms with Gasteiger partial charge in [-0.2, -0.15) is 4.31 Å². The Labute approximate surface area is 157 Å². The predicted molar refractivity (Wildman–Crippen MR) is 102 cm³/mol. The van der Waals surface area contributed by atoms with Gasteiger partial charge in [0.2, 0.25) is 10.0 Å². The van der Waals surface area contributed by atoms with E-state index in [2.05, 4.69) is 35.5 Å². The third-order valence-corrected chi connectivity index (χ3v) is 7.50. The molecule has 2 heterocycles. The number of ether oxygens (including phenoxy) is 1. The normalized spacial score (nSPS) is 16.0. The minimum Gasteiger partial charge on any atom is -0.379 e. The van der Waals surface area contributed by atoms with E-state index in [9.17, 15) is 8.42 Å². The van der Waals surface area contributed by atoms with Crippen LogP contribution in [0.25, 0.3) is 0 Å². The molecule has 0 N–H and O–H groups in total. The maximum atomic E-state index is 12.6. The van der Waals surface area contributed by atoms with Gasteiger partial charge in [0.15, 0.2) is 0 Å². The summed E-state index contributed by atoms with van der Waals surface area (Å²) in [5.74, 6) is 0.803. The Morgan fingerprint density at radius 1 is 1.12 bits per heavy atom. The fraction of sp³-hybridized carbons (Fsp3) is 0.353. The molecule has 1 saturated heterocycles. The summed E-state index contributed by atoms with van der Waals surface area (Å²) in [5, 5.41) is 0.815. The molecule has 8 heteroatoms. The van der Waals surface area contributed by atoms with E-state index in [1.807, 2.05) is 0 Å². The molecule has 1 fully saturated rings. The zero-order valence-corrected chi connectivity index (χ0v) is 16.4. The van der Waals surface area contributed by atoms with Gasteiger partial charge in [-0.3, -0.25) is 0 Å². The molecular formula is C17H20N2O3S3. The SMILES string of the molecule is CSc1ccc(CSc2ccc(S(=O)(=O)N3CCOCC3)cn2)cc1. The van der Waals surface area contributed by atoms with E-state index in [1.165, 1.54) is 21.0 Å². The molecule has 0 spiro atoms. The Bertz CT molecular complexity index is 787. The van der Waals surface area contributed by atoms with E-state index in [0.717, 1.165) is 10.8 Å². The molecule has 134 valence electrons. The second-order valence-electron chi connectivity index (χ2n) is 5.49. The Morgan fingerprint density at radius 3 is 2.44 bits per heavy atom. The van der Waals surface area contributed by atoms with Crippen molar-refractivity contribution in [3.63, 3.8) is 0 Å². The molecule has 0 aliphatic carbocycles. The van der Waals surface area contributed by atoms with Crippen LogP contribution in [0.1, 0.15) is 5.56 Å². The van der Waals surface area contributed by atoms with Crippen molar-refractivity contribution in [1.82, 2.24) is 9.29 Å². The average Bonchev–Trinajstić information content (AvgIpc) is 2.68. The van der Waals surface area contributed by atoms with Crippen LogP contribution in [-0.2, 0) is 20.5 Å². The average molecular weight is 397 g/mol. The van der Waals surface area contributed by atoms with Crippen LogP contribution in [0.4, 0.5) is 0 Å². The van der Waals surface area contributed by atoms with Crippen molar-refractivity contribution in [3.05, 3.63) is 48.2 Å². The second-order valence-corrected chi connectivity index (χ2v) is 9.30. The van der Waals surface area contributed by atoms with E-state index in [-0.39, 0.29) is 4.90 Å². The number of benzene rings is 1. The topological polar surface area (TPSA) is 59.5 Å². The highest BCUT2D eigenvalue weighted by Crippen LogP contribution is 2.24. The van der Waals surface area contributed by atoms with E-state index in [0.29, 0.717) is 26.3 Å². The maximum absolute atomic E-state index is 12.6. The Kier molecular flexibility index (Phi) is 6.40. The number of aromatic nitrogens is 1. The Balaban J connectivity index is 1.63. The summed E-state index contributed by atoms with van der Waals surface area (Å²) in [5.41, 5.74) is 1.22. The molecule has 0 radical (unpaired) electrons. The summed E-state index contributed by atoms with van der Waals surface area (Å²) >= 11 is 3.32. The van der Waals surface area contributed by atoms with E-state index in [4.69, 9.17) is 4.74 Å². The third kappa shape index (κ3) is 4.77. The number of hydrogen-bond donors (Lipinski definition) is 0. The van der Waals surface area contributed by atoms with Gasteiger partial charge in [0.25, 0.3) is 0 Å². The lowest BCUT2D eigenvalue weighted by molar-refractivity contribution is 0.0730. The standard InChI is InChI=1S/C17H20N2O3S3/c1-23-15-4-2-14(3-5-15)13-24-17-7-6-16(12-18-17)25(20,21)19-8-10-22-11-9-19/h2-7,12H,8-11,13H2,1H3.